The maximum Gasteiger partial charge on any atom is 0.412 e. The highest BCUT2D eigenvalue weighted by atomic mass is 16.6. The zero-order valence-electron chi connectivity index (χ0n) is 15.1. The number of carbonyl (C=O) groups is 1. The van der Waals surface area contributed by atoms with E-state index in [1.807, 2.05) is 71.9 Å². The number of rotatable bonds is 2. The Balaban J connectivity index is 0.00000127. The van der Waals surface area contributed by atoms with Crippen LogP contribution in [0.3, 0.4) is 0 Å². The van der Waals surface area contributed by atoms with E-state index in [-0.39, 0.29) is 0 Å². The minimum absolute atomic E-state index is 0.463. The van der Waals surface area contributed by atoms with Crippen molar-refractivity contribution in [3.8, 4) is 5.75 Å². The maximum atomic E-state index is 11.9. The first-order valence-electron chi connectivity index (χ1n) is 7.87. The number of nitrogens with one attached hydrogen (secondary N) is 1. The van der Waals surface area contributed by atoms with E-state index in [1.165, 1.54) is 0 Å². The normalized spacial score (nSPS) is 10.6. The molecular weight excluding hydrogens is 290 g/mol. The van der Waals surface area contributed by atoms with Crippen LogP contribution < -0.4 is 10.1 Å². The summed E-state index contributed by atoms with van der Waals surface area (Å²) in [6.45, 7) is 11.5. The largest absolute Gasteiger partial charge is 0.497 e. The van der Waals surface area contributed by atoms with E-state index < -0.39 is 11.7 Å². The van der Waals surface area contributed by atoms with Gasteiger partial charge in [0.15, 0.2) is 0 Å². The lowest BCUT2D eigenvalue weighted by molar-refractivity contribution is 0.0636. The number of methoxy groups -OCH3 is 1. The molecule has 0 saturated carbocycles. The van der Waals surface area contributed by atoms with E-state index >= 15 is 0 Å². The second kappa shape index (κ2) is 7.86. The predicted octanol–water partition coefficient (Wildman–Crippen LogP) is 5.53. The van der Waals surface area contributed by atoms with Gasteiger partial charge in [-0.15, -0.1) is 0 Å². The SMILES string of the molecule is CC.COc1ccc2c(C)ccc(NC(=O)OC(C)(C)C)c2c1. The molecule has 23 heavy (non-hydrogen) atoms. The van der Waals surface area contributed by atoms with E-state index in [0.29, 0.717) is 5.69 Å². The molecule has 2 aromatic rings. The molecule has 0 saturated heterocycles. The molecule has 0 bridgehead atoms. The van der Waals surface area contributed by atoms with Gasteiger partial charge >= 0.3 is 6.09 Å². The topological polar surface area (TPSA) is 47.6 Å². The Morgan fingerprint density at radius 1 is 1.04 bits per heavy atom. The van der Waals surface area contributed by atoms with Crippen LogP contribution in [0.5, 0.6) is 5.75 Å². The number of ether oxygens (including phenoxy) is 2. The summed E-state index contributed by atoms with van der Waals surface area (Å²) in [5, 5.41) is 4.81. The van der Waals surface area contributed by atoms with Crippen LogP contribution in [0.25, 0.3) is 10.8 Å². The number of benzene rings is 2. The average Bonchev–Trinajstić information content (AvgIpc) is 2.50. The molecule has 2 rings (SSSR count). The van der Waals surface area contributed by atoms with E-state index in [4.69, 9.17) is 9.47 Å². The Hall–Kier alpha value is -2.23. The zero-order valence-corrected chi connectivity index (χ0v) is 15.1. The van der Waals surface area contributed by atoms with Crippen LogP contribution in [-0.2, 0) is 4.74 Å². The Bertz CT molecular complexity index is 672. The second-order valence-electron chi connectivity index (χ2n) is 5.97. The number of carbonyl (C=O) groups excluding carboxylic acids is 1. The molecule has 0 aliphatic rings. The monoisotopic (exact) mass is 317 g/mol. The summed E-state index contributed by atoms with van der Waals surface area (Å²) in [7, 11) is 1.62. The fourth-order valence-electron chi connectivity index (χ4n) is 2.13. The Labute approximate surface area is 138 Å². The smallest absolute Gasteiger partial charge is 0.412 e. The van der Waals surface area contributed by atoms with Gasteiger partial charge in [-0.3, -0.25) is 5.32 Å². The number of hydrogen-bond donors (Lipinski definition) is 1. The summed E-state index contributed by atoms with van der Waals surface area (Å²) in [5.74, 6) is 0.750. The minimum atomic E-state index is -0.526. The summed E-state index contributed by atoms with van der Waals surface area (Å²) in [5.41, 5.74) is 1.33. The van der Waals surface area contributed by atoms with Crippen LogP contribution in [-0.4, -0.2) is 18.8 Å². The molecule has 0 radical (unpaired) electrons. The summed E-state index contributed by atoms with van der Waals surface area (Å²) in [6, 6.07) is 9.66. The molecule has 0 aliphatic carbocycles. The molecule has 0 fully saturated rings. The van der Waals surface area contributed by atoms with Crippen molar-refractivity contribution in [3.63, 3.8) is 0 Å². The molecule has 0 atom stereocenters. The summed E-state index contributed by atoms with van der Waals surface area (Å²) >= 11 is 0. The van der Waals surface area contributed by atoms with Gasteiger partial charge in [0, 0.05) is 5.39 Å². The van der Waals surface area contributed by atoms with Gasteiger partial charge in [0.05, 0.1) is 12.8 Å². The van der Waals surface area contributed by atoms with Crippen LogP contribution in [0, 0.1) is 6.92 Å². The van der Waals surface area contributed by atoms with Crippen molar-refractivity contribution in [2.24, 2.45) is 0 Å². The first-order chi connectivity index (χ1) is 10.8. The number of amides is 1. The highest BCUT2D eigenvalue weighted by molar-refractivity contribution is 6.02. The maximum absolute atomic E-state index is 11.9. The molecule has 4 nitrogen and oxygen atoms in total. The third-order valence-corrected chi connectivity index (χ3v) is 3.08. The Morgan fingerprint density at radius 2 is 1.70 bits per heavy atom. The van der Waals surface area contributed by atoms with Crippen LogP contribution in [0.15, 0.2) is 30.3 Å². The van der Waals surface area contributed by atoms with Crippen molar-refractivity contribution < 1.29 is 14.3 Å². The molecule has 2 aromatic carbocycles. The highest BCUT2D eigenvalue weighted by Crippen LogP contribution is 2.30. The molecule has 4 heteroatoms. The van der Waals surface area contributed by atoms with Gasteiger partial charge in [-0.05, 0) is 56.8 Å². The van der Waals surface area contributed by atoms with Gasteiger partial charge in [-0.2, -0.15) is 0 Å². The lowest BCUT2D eigenvalue weighted by atomic mass is 10.0. The van der Waals surface area contributed by atoms with Crippen LogP contribution >= 0.6 is 0 Å². The first kappa shape index (κ1) is 18.8. The molecule has 0 aliphatic heterocycles. The van der Waals surface area contributed by atoms with Crippen molar-refractivity contribution in [2.45, 2.75) is 47.1 Å². The number of anilines is 1. The van der Waals surface area contributed by atoms with Gasteiger partial charge in [0.2, 0.25) is 0 Å². The molecule has 126 valence electrons. The third kappa shape index (κ3) is 5.16. The third-order valence-electron chi connectivity index (χ3n) is 3.08. The predicted molar refractivity (Wildman–Crippen MR) is 96.4 cm³/mol. The lowest BCUT2D eigenvalue weighted by Gasteiger charge is -2.20. The molecule has 1 N–H and O–H groups in total. The molecule has 0 unspecified atom stereocenters. The van der Waals surface area contributed by atoms with Gasteiger partial charge in [0.25, 0.3) is 0 Å². The van der Waals surface area contributed by atoms with E-state index in [0.717, 1.165) is 22.1 Å². The Kier molecular flexibility index (Phi) is 6.43. The van der Waals surface area contributed by atoms with E-state index in [9.17, 15) is 4.79 Å². The molecule has 0 heterocycles. The standard InChI is InChI=1S/C17H21NO3.C2H6/c1-11-6-9-15(18-16(19)21-17(2,3)4)14-10-12(20-5)7-8-13(11)14;1-2/h6-10H,1-5H3,(H,18,19);1-2H3. The molecular formula is C19H27NO3. The first-order valence-corrected chi connectivity index (χ1v) is 7.87. The van der Waals surface area contributed by atoms with Crippen molar-refractivity contribution >= 4 is 22.6 Å². The van der Waals surface area contributed by atoms with E-state index in [1.54, 1.807) is 7.11 Å². The summed E-state index contributed by atoms with van der Waals surface area (Å²) in [6.07, 6.45) is -0.463. The van der Waals surface area contributed by atoms with Gasteiger partial charge in [-0.1, -0.05) is 26.0 Å². The number of hydrogen-bond acceptors (Lipinski definition) is 3. The van der Waals surface area contributed by atoms with Crippen LogP contribution in [0.1, 0.15) is 40.2 Å². The minimum Gasteiger partial charge on any atom is -0.497 e. The van der Waals surface area contributed by atoms with Crippen molar-refractivity contribution in [3.05, 3.63) is 35.9 Å². The molecule has 0 aromatic heterocycles. The van der Waals surface area contributed by atoms with Crippen molar-refractivity contribution in [2.75, 3.05) is 12.4 Å². The van der Waals surface area contributed by atoms with Crippen LogP contribution in [0.4, 0.5) is 10.5 Å². The summed E-state index contributed by atoms with van der Waals surface area (Å²) in [4.78, 5) is 11.9. The van der Waals surface area contributed by atoms with Crippen molar-refractivity contribution in [1.82, 2.24) is 0 Å². The van der Waals surface area contributed by atoms with E-state index in [2.05, 4.69) is 5.32 Å². The number of fused-ring (bicyclic) bond motifs is 1. The van der Waals surface area contributed by atoms with Gasteiger partial charge in [-0.25, -0.2) is 4.79 Å². The van der Waals surface area contributed by atoms with Crippen molar-refractivity contribution in [1.29, 1.82) is 0 Å². The van der Waals surface area contributed by atoms with Crippen LogP contribution in [0.2, 0.25) is 0 Å². The zero-order chi connectivity index (χ0) is 17.6. The fourth-order valence-corrected chi connectivity index (χ4v) is 2.13. The summed E-state index contributed by atoms with van der Waals surface area (Å²) < 4.78 is 10.6. The molecule has 1 amide bonds. The number of aryl methyl sites for hydroxylation is 1. The van der Waals surface area contributed by atoms with Gasteiger partial charge in [0.1, 0.15) is 11.4 Å². The average molecular weight is 317 g/mol. The quantitative estimate of drug-likeness (QED) is 0.792. The van der Waals surface area contributed by atoms with Gasteiger partial charge < -0.3 is 9.47 Å². The lowest BCUT2D eigenvalue weighted by Crippen LogP contribution is -2.27. The Morgan fingerprint density at radius 3 is 2.26 bits per heavy atom. The fraction of sp³-hybridized carbons (Fsp3) is 0.421. The second-order valence-corrected chi connectivity index (χ2v) is 5.97. The molecule has 0 spiro atoms. The highest BCUT2D eigenvalue weighted by Gasteiger charge is 2.17.